The summed E-state index contributed by atoms with van der Waals surface area (Å²) in [4.78, 5) is 25.9. The summed E-state index contributed by atoms with van der Waals surface area (Å²) in [5, 5.41) is 8.36. The molecule has 3 N–H and O–H groups in total. The summed E-state index contributed by atoms with van der Waals surface area (Å²) in [6.45, 7) is 6.63. The lowest BCUT2D eigenvalue weighted by Crippen LogP contribution is -2.30. The topological polar surface area (TPSA) is 106 Å². The number of carbonyl (C=O) groups is 2. The lowest BCUT2D eigenvalue weighted by molar-refractivity contribution is -0.118. The van der Waals surface area contributed by atoms with Gasteiger partial charge in [-0.2, -0.15) is 0 Å². The van der Waals surface area contributed by atoms with Crippen molar-refractivity contribution in [1.29, 1.82) is 5.41 Å². The molecule has 0 saturated heterocycles. The van der Waals surface area contributed by atoms with Crippen LogP contribution in [-0.2, 0) is 16.8 Å². The van der Waals surface area contributed by atoms with Crippen LogP contribution in [0.3, 0.4) is 0 Å². The molecule has 7 nitrogen and oxygen atoms in total. The summed E-state index contributed by atoms with van der Waals surface area (Å²) in [5.74, 6) is 0.0802. The number of fused-ring (bicyclic) bond motifs is 1. The van der Waals surface area contributed by atoms with Crippen molar-refractivity contribution in [3.8, 4) is 11.5 Å². The zero-order valence-electron chi connectivity index (χ0n) is 19.5. The Morgan fingerprint density at radius 1 is 1.21 bits per heavy atom. The van der Waals surface area contributed by atoms with Gasteiger partial charge < -0.3 is 20.1 Å². The lowest BCUT2D eigenvalue weighted by Gasteiger charge is -2.25. The maximum Gasteiger partial charge on any atom is 0.217 e. The number of primary amides is 1. The maximum absolute atomic E-state index is 13.6. The number of rotatable bonds is 9. The molecule has 0 fully saturated rings. The molecule has 0 spiro atoms. The zero-order chi connectivity index (χ0) is 24.3. The van der Waals surface area contributed by atoms with Crippen LogP contribution >= 0.6 is 0 Å². The molecule has 1 heterocycles. The van der Waals surface area contributed by atoms with Crippen molar-refractivity contribution in [2.45, 2.75) is 45.6 Å². The molecule has 0 unspecified atom stereocenters. The maximum atomic E-state index is 13.6. The number of nitrogens with one attached hydrogen (secondary N) is 1. The molecule has 2 aromatic carbocycles. The molecule has 0 radical (unpaired) electrons. The highest BCUT2D eigenvalue weighted by Gasteiger charge is 2.29. The van der Waals surface area contributed by atoms with Crippen LogP contribution < -0.4 is 15.2 Å². The number of hydrogen-bond acceptors (Lipinski definition) is 5. The smallest absolute Gasteiger partial charge is 0.217 e. The van der Waals surface area contributed by atoms with Crippen molar-refractivity contribution < 1.29 is 23.5 Å². The molecule has 1 aliphatic rings. The van der Waals surface area contributed by atoms with Gasteiger partial charge in [-0.3, -0.25) is 15.0 Å². The Hall–Kier alpha value is -3.42. The Morgan fingerprint density at radius 3 is 2.58 bits per heavy atom. The van der Waals surface area contributed by atoms with Gasteiger partial charge in [0.15, 0.2) is 17.3 Å². The van der Waals surface area contributed by atoms with E-state index in [1.165, 1.54) is 12.1 Å². The van der Waals surface area contributed by atoms with Crippen LogP contribution in [0.25, 0.3) is 0 Å². The highest BCUT2D eigenvalue weighted by molar-refractivity contribution is 6.05. The summed E-state index contributed by atoms with van der Waals surface area (Å²) in [5.41, 5.74) is 7.43. The van der Waals surface area contributed by atoms with Gasteiger partial charge in [0.25, 0.3) is 0 Å². The van der Waals surface area contributed by atoms with Crippen LogP contribution in [0.15, 0.2) is 30.3 Å². The normalized spacial score (nSPS) is 13.1. The van der Waals surface area contributed by atoms with E-state index in [1.54, 1.807) is 30.2 Å². The number of amidine groups is 1. The van der Waals surface area contributed by atoms with E-state index in [-0.39, 0.29) is 36.6 Å². The number of benzene rings is 2. The molecular formula is C25H30FN3O4. The molecule has 2 aromatic rings. The van der Waals surface area contributed by atoms with E-state index < -0.39 is 11.7 Å². The molecule has 0 bridgehead atoms. The first-order chi connectivity index (χ1) is 15.5. The molecule has 0 aliphatic carbocycles. The van der Waals surface area contributed by atoms with Crippen LogP contribution in [0.2, 0.25) is 0 Å². The third-order valence-electron chi connectivity index (χ3n) is 5.55. The van der Waals surface area contributed by atoms with Gasteiger partial charge in [0.05, 0.1) is 20.3 Å². The van der Waals surface area contributed by atoms with Gasteiger partial charge in [-0.25, -0.2) is 4.39 Å². The van der Waals surface area contributed by atoms with E-state index in [2.05, 4.69) is 0 Å². The first-order valence-electron chi connectivity index (χ1n) is 10.8. The second kappa shape index (κ2) is 9.60. The van der Waals surface area contributed by atoms with Crippen LogP contribution in [-0.4, -0.2) is 42.7 Å². The van der Waals surface area contributed by atoms with Gasteiger partial charge in [-0.1, -0.05) is 26.8 Å². The largest absolute Gasteiger partial charge is 0.493 e. The molecule has 33 heavy (non-hydrogen) atoms. The second-order valence-corrected chi connectivity index (χ2v) is 9.15. The van der Waals surface area contributed by atoms with Crippen molar-refractivity contribution in [2.24, 2.45) is 5.73 Å². The van der Waals surface area contributed by atoms with Gasteiger partial charge in [0.1, 0.15) is 11.7 Å². The molecule has 0 atom stereocenters. The number of ether oxygens (including phenoxy) is 2. The average molecular weight is 456 g/mol. The van der Waals surface area contributed by atoms with Crippen LogP contribution in [0.1, 0.15) is 60.7 Å². The molecule has 176 valence electrons. The highest BCUT2D eigenvalue weighted by Crippen LogP contribution is 2.40. The third-order valence-corrected chi connectivity index (χ3v) is 5.55. The minimum Gasteiger partial charge on any atom is -0.493 e. The standard InChI is InChI=1S/C25H30FN3O4/c1-25(2,3)19-10-16(11-21(23(19)32-4)33-9-5-6-22(27)31)20(30)14-29-13-15-7-8-17(26)12-18(15)24(29)28/h7-8,10-12,28H,5-6,9,13-14H2,1-4H3,(H2,27,31). The number of methoxy groups -OCH3 is 1. The minimum atomic E-state index is -0.408. The number of nitrogens with zero attached hydrogens (tertiary/aromatic N) is 1. The van der Waals surface area contributed by atoms with E-state index in [0.717, 1.165) is 11.1 Å². The van der Waals surface area contributed by atoms with Crippen molar-refractivity contribution in [3.63, 3.8) is 0 Å². The molecule has 0 saturated carbocycles. The number of hydrogen-bond donors (Lipinski definition) is 2. The average Bonchev–Trinajstić information content (AvgIpc) is 3.04. The molecule has 3 rings (SSSR count). The van der Waals surface area contributed by atoms with Crippen LogP contribution in [0.4, 0.5) is 4.39 Å². The SMILES string of the molecule is COc1c(OCCCC(N)=O)cc(C(=O)CN2Cc3ccc(F)cc3C2=N)cc1C(C)(C)C. The number of ketones is 1. The van der Waals surface area contributed by atoms with Gasteiger partial charge >= 0.3 is 0 Å². The molecule has 0 aromatic heterocycles. The summed E-state index contributed by atoms with van der Waals surface area (Å²) < 4.78 is 25.1. The summed E-state index contributed by atoms with van der Waals surface area (Å²) in [7, 11) is 1.55. The van der Waals surface area contributed by atoms with E-state index in [1.807, 2.05) is 20.8 Å². The number of nitrogens with two attached hydrogens (primary N) is 1. The Labute approximate surface area is 193 Å². The van der Waals surface area contributed by atoms with Crippen molar-refractivity contribution in [2.75, 3.05) is 20.3 Å². The quantitative estimate of drug-likeness (QED) is 0.442. The molecule has 1 aliphatic heterocycles. The van der Waals surface area contributed by atoms with Gasteiger partial charge in [-0.05, 0) is 41.7 Å². The van der Waals surface area contributed by atoms with E-state index in [4.69, 9.17) is 20.6 Å². The third kappa shape index (κ3) is 5.50. The van der Waals surface area contributed by atoms with Crippen LogP contribution in [0, 0.1) is 11.2 Å². The summed E-state index contributed by atoms with van der Waals surface area (Å²) >= 11 is 0. The second-order valence-electron chi connectivity index (χ2n) is 9.15. The monoisotopic (exact) mass is 455 g/mol. The van der Waals surface area contributed by atoms with Crippen molar-refractivity contribution in [3.05, 3.63) is 58.4 Å². The van der Waals surface area contributed by atoms with Gasteiger partial charge in [-0.15, -0.1) is 0 Å². The Morgan fingerprint density at radius 2 is 1.94 bits per heavy atom. The number of Topliss-reactive ketones (excluding diaryl/α,β-unsaturated/α-hetero) is 1. The van der Waals surface area contributed by atoms with Gasteiger partial charge in [0.2, 0.25) is 5.91 Å². The first kappa shape index (κ1) is 24.2. The number of halogens is 1. The molecule has 8 heteroatoms. The fourth-order valence-electron chi connectivity index (χ4n) is 3.83. The van der Waals surface area contributed by atoms with Crippen molar-refractivity contribution in [1.82, 2.24) is 4.90 Å². The summed E-state index contributed by atoms with van der Waals surface area (Å²) in [6.07, 6.45) is 0.645. The lowest BCUT2D eigenvalue weighted by atomic mass is 9.84. The zero-order valence-corrected chi connectivity index (χ0v) is 19.5. The van der Waals surface area contributed by atoms with E-state index >= 15 is 0 Å². The van der Waals surface area contributed by atoms with E-state index in [0.29, 0.717) is 35.6 Å². The van der Waals surface area contributed by atoms with Crippen molar-refractivity contribution >= 4 is 17.5 Å². The fourth-order valence-corrected chi connectivity index (χ4v) is 3.83. The highest BCUT2D eigenvalue weighted by atomic mass is 19.1. The predicted molar refractivity (Wildman–Crippen MR) is 124 cm³/mol. The van der Waals surface area contributed by atoms with Crippen LogP contribution in [0.5, 0.6) is 11.5 Å². The Kier molecular flexibility index (Phi) is 7.05. The molecule has 1 amide bonds. The Balaban J connectivity index is 1.86. The Bertz CT molecular complexity index is 1090. The van der Waals surface area contributed by atoms with Gasteiger partial charge in [0, 0.05) is 29.7 Å². The minimum absolute atomic E-state index is 0.0217. The number of amides is 1. The first-order valence-corrected chi connectivity index (χ1v) is 10.8. The predicted octanol–water partition coefficient (Wildman–Crippen LogP) is 3.80. The fraction of sp³-hybridized carbons (Fsp3) is 0.400. The molecular weight excluding hydrogens is 425 g/mol. The number of carbonyl (C=O) groups excluding carboxylic acids is 2. The summed E-state index contributed by atoms with van der Waals surface area (Å²) in [6, 6.07) is 7.76. The van der Waals surface area contributed by atoms with E-state index in [9.17, 15) is 14.0 Å².